The van der Waals surface area contributed by atoms with Crippen molar-refractivity contribution < 1.29 is 20.4 Å². The number of alkyl halides is 3. The first kappa shape index (κ1) is 13.6. The van der Waals surface area contributed by atoms with Gasteiger partial charge in [0.05, 0.1) is 0 Å². The van der Waals surface area contributed by atoms with Gasteiger partial charge in [-0.1, -0.05) is 0 Å². The van der Waals surface area contributed by atoms with Crippen LogP contribution in [0.5, 0.6) is 0 Å². The molecular formula is C8H14Cl3Ti. The van der Waals surface area contributed by atoms with Crippen molar-refractivity contribution in [1.82, 2.24) is 0 Å². The summed E-state index contributed by atoms with van der Waals surface area (Å²) in [6, 6.07) is 0. The molecule has 0 bridgehead atoms. The van der Waals surface area contributed by atoms with E-state index in [1.165, 1.54) is 6.42 Å². The molecule has 0 fully saturated rings. The predicted octanol–water partition coefficient (Wildman–Crippen LogP) is 3.97. The topological polar surface area (TPSA) is 0 Å². The first-order chi connectivity index (χ1) is 5.72. The van der Waals surface area contributed by atoms with Crippen LogP contribution in [0.2, 0.25) is 4.73 Å². The maximum atomic E-state index is 6.05. The van der Waals surface area contributed by atoms with E-state index in [1.54, 1.807) is 0 Å². The molecule has 2 unspecified atom stereocenters. The standard InChI is InChI=1S/C8H14Cl3.Ti/c1-7(10)8(11)5-3-2-4-6-9;/h7-8H,1-6H2;. The van der Waals surface area contributed by atoms with Gasteiger partial charge >= 0.3 is 102 Å². The monoisotopic (exact) mass is 263 g/mol. The molecule has 0 N–H and O–H groups in total. The van der Waals surface area contributed by atoms with Crippen LogP contribution < -0.4 is 0 Å². The van der Waals surface area contributed by atoms with Gasteiger partial charge in [-0.2, -0.15) is 0 Å². The minimum absolute atomic E-state index is 0.127. The Hall–Kier alpha value is 1.58. The van der Waals surface area contributed by atoms with Crippen LogP contribution in [0.25, 0.3) is 0 Å². The third-order valence-electron chi connectivity index (χ3n) is 1.70. The molecule has 0 aliphatic heterocycles. The van der Waals surface area contributed by atoms with Crippen molar-refractivity contribution in [2.45, 2.75) is 41.2 Å². The third-order valence-corrected chi connectivity index (χ3v) is 4.17. The summed E-state index contributed by atoms with van der Waals surface area (Å²) < 4.78 is 0.950. The Morgan fingerprint density at radius 2 is 1.67 bits per heavy atom. The molecule has 0 nitrogen and oxygen atoms in total. The van der Waals surface area contributed by atoms with Gasteiger partial charge in [0.25, 0.3) is 0 Å². The molecule has 0 aromatic heterocycles. The summed E-state index contributed by atoms with van der Waals surface area (Å²) in [7, 11) is 0. The van der Waals surface area contributed by atoms with Crippen molar-refractivity contribution >= 4 is 34.8 Å². The van der Waals surface area contributed by atoms with Gasteiger partial charge in [0, 0.05) is 0 Å². The second-order valence-corrected chi connectivity index (χ2v) is 4.91. The van der Waals surface area contributed by atoms with Crippen LogP contribution in [0.15, 0.2) is 0 Å². The van der Waals surface area contributed by atoms with Crippen molar-refractivity contribution in [3.05, 3.63) is 0 Å². The zero-order valence-electron chi connectivity index (χ0n) is 7.03. The van der Waals surface area contributed by atoms with Crippen molar-refractivity contribution in [3.8, 4) is 0 Å². The summed E-state index contributed by atoms with van der Waals surface area (Å²) in [5.41, 5.74) is 0. The van der Waals surface area contributed by atoms with Gasteiger partial charge in [0.15, 0.2) is 0 Å². The molecule has 0 aromatic rings. The van der Waals surface area contributed by atoms with E-state index >= 15 is 0 Å². The molecule has 0 aliphatic rings. The minimum atomic E-state index is 0.127. The predicted molar refractivity (Wildman–Crippen MR) is 53.3 cm³/mol. The zero-order valence-corrected chi connectivity index (χ0v) is 10.9. The molecule has 0 radical (unpaired) electrons. The normalized spacial score (nSPS) is 15.8. The summed E-state index contributed by atoms with van der Waals surface area (Å²) in [5.74, 6) is 0.755. The Morgan fingerprint density at radius 3 is 2.17 bits per heavy atom. The van der Waals surface area contributed by atoms with E-state index in [9.17, 15) is 0 Å². The van der Waals surface area contributed by atoms with Crippen LogP contribution in [0.1, 0.15) is 25.7 Å². The maximum absolute atomic E-state index is 6.05. The van der Waals surface area contributed by atoms with E-state index in [1.807, 2.05) is 0 Å². The van der Waals surface area contributed by atoms with Crippen LogP contribution in [0, 0.1) is 0 Å². The van der Waals surface area contributed by atoms with E-state index in [0.29, 0.717) is 0 Å². The number of hydrogen-bond donors (Lipinski definition) is 0. The van der Waals surface area contributed by atoms with Gasteiger partial charge < -0.3 is 0 Å². The van der Waals surface area contributed by atoms with Crippen LogP contribution in [-0.2, 0) is 20.4 Å². The van der Waals surface area contributed by atoms with Gasteiger partial charge in [-0.25, -0.2) is 0 Å². The molecule has 0 aliphatic carbocycles. The van der Waals surface area contributed by atoms with Crippen molar-refractivity contribution in [3.63, 3.8) is 0 Å². The van der Waals surface area contributed by atoms with Crippen LogP contribution >= 0.6 is 34.8 Å². The Balaban J connectivity index is 3.24. The average Bonchev–Trinajstić information content (AvgIpc) is 2.10. The summed E-state index contributed by atoms with van der Waals surface area (Å²) in [4.78, 5) is 0. The molecule has 12 heavy (non-hydrogen) atoms. The Bertz CT molecular complexity index is 100. The van der Waals surface area contributed by atoms with Crippen molar-refractivity contribution in [1.29, 1.82) is 0 Å². The van der Waals surface area contributed by atoms with Crippen LogP contribution in [0.4, 0.5) is 0 Å². The number of halogens is 3. The molecule has 0 saturated carbocycles. The molecule has 2 atom stereocenters. The van der Waals surface area contributed by atoms with Crippen molar-refractivity contribution in [2.75, 3.05) is 5.88 Å². The van der Waals surface area contributed by atoms with E-state index in [2.05, 4.69) is 20.4 Å². The van der Waals surface area contributed by atoms with Gasteiger partial charge in [0.1, 0.15) is 0 Å². The molecule has 71 valence electrons. The van der Waals surface area contributed by atoms with E-state index < -0.39 is 0 Å². The number of rotatable bonds is 7. The third kappa shape index (κ3) is 7.03. The number of hydrogen-bond acceptors (Lipinski definition) is 0. The molecule has 0 spiro atoms. The van der Waals surface area contributed by atoms with Gasteiger partial charge in [-0.15, -0.1) is 0 Å². The second-order valence-electron chi connectivity index (χ2n) is 2.77. The fourth-order valence-electron chi connectivity index (χ4n) is 0.919. The Morgan fingerprint density at radius 1 is 1.00 bits per heavy atom. The first-order valence-electron chi connectivity index (χ1n) is 4.21. The molecule has 0 amide bonds. The molecular weight excluding hydrogens is 250 g/mol. The molecule has 4 heteroatoms. The van der Waals surface area contributed by atoms with E-state index in [0.717, 1.165) is 29.9 Å². The van der Waals surface area contributed by atoms with E-state index in [-0.39, 0.29) is 10.8 Å². The van der Waals surface area contributed by atoms with E-state index in [4.69, 9.17) is 34.8 Å². The summed E-state index contributed by atoms with van der Waals surface area (Å²) >= 11 is 19.6. The van der Waals surface area contributed by atoms with Gasteiger partial charge in [-0.05, 0) is 0 Å². The molecule has 0 saturated heterocycles. The summed E-state index contributed by atoms with van der Waals surface area (Å²) in [6.07, 6.45) is 4.41. The second kappa shape index (κ2) is 9.15. The van der Waals surface area contributed by atoms with Gasteiger partial charge in [0.2, 0.25) is 0 Å². The van der Waals surface area contributed by atoms with Crippen molar-refractivity contribution in [2.24, 2.45) is 0 Å². The Labute approximate surface area is 102 Å². The summed E-state index contributed by atoms with van der Waals surface area (Å²) in [5, 5.41) is 0.259. The zero-order chi connectivity index (χ0) is 9.40. The quantitative estimate of drug-likeness (QED) is 0.371. The fourth-order valence-corrected chi connectivity index (χ4v) is 2.16. The van der Waals surface area contributed by atoms with Crippen LogP contribution in [-0.4, -0.2) is 16.6 Å². The Kier molecular flexibility index (Phi) is 10.4. The molecule has 0 rings (SSSR count). The molecule has 0 aromatic carbocycles. The molecule has 0 heterocycles. The first-order valence-corrected chi connectivity index (χ1v) is 6.72. The number of unbranched alkanes of at least 4 members (excludes halogenated alkanes) is 2. The average molecular weight is 264 g/mol. The SMILES string of the molecule is ClCCCCCC(Cl)C(Cl)[CH2][Ti]. The fraction of sp³-hybridized carbons (Fsp3) is 1.00. The van der Waals surface area contributed by atoms with Crippen LogP contribution in [0.3, 0.4) is 0 Å². The van der Waals surface area contributed by atoms with Gasteiger partial charge in [-0.3, -0.25) is 0 Å². The summed E-state index contributed by atoms with van der Waals surface area (Å²) in [6.45, 7) is 0.